The first-order valence-electron chi connectivity index (χ1n) is 10.5. The standard InChI is InChI=1S/C21H22ClN9S/c22-16-14(2-7-30-10-6-25-19(16)30)32-20-18(24)28-15(11-26-20)29-8-3-21(4-9-29)12-31-13(17(21)23)1-5-27-31/h1-2,5-7,10-11,17H,3-4,8-9,12,23H2,(H2,24,28). The van der Waals surface area contributed by atoms with Crippen molar-refractivity contribution in [3.8, 4) is 0 Å². The molecule has 1 spiro atoms. The lowest BCUT2D eigenvalue weighted by molar-refractivity contribution is 0.170. The molecule has 1 saturated heterocycles. The summed E-state index contributed by atoms with van der Waals surface area (Å²) >= 11 is 7.91. The zero-order chi connectivity index (χ0) is 21.9. The van der Waals surface area contributed by atoms with Crippen molar-refractivity contribution in [3.63, 3.8) is 0 Å². The van der Waals surface area contributed by atoms with E-state index in [0.29, 0.717) is 21.5 Å². The molecule has 6 rings (SSSR count). The molecule has 1 unspecified atom stereocenters. The minimum Gasteiger partial charge on any atom is -0.381 e. The zero-order valence-corrected chi connectivity index (χ0v) is 18.8. The van der Waals surface area contributed by atoms with Crippen molar-refractivity contribution in [2.24, 2.45) is 11.1 Å². The predicted molar refractivity (Wildman–Crippen MR) is 124 cm³/mol. The molecule has 0 bridgehead atoms. The van der Waals surface area contributed by atoms with Gasteiger partial charge in [0.1, 0.15) is 10.8 Å². The Labute approximate surface area is 193 Å². The molecule has 11 heteroatoms. The fourth-order valence-corrected chi connectivity index (χ4v) is 5.93. The molecule has 0 saturated carbocycles. The van der Waals surface area contributed by atoms with E-state index in [1.54, 1.807) is 12.4 Å². The number of aromatic nitrogens is 6. The number of halogens is 1. The van der Waals surface area contributed by atoms with Crippen molar-refractivity contribution >= 4 is 40.6 Å². The molecule has 0 amide bonds. The summed E-state index contributed by atoms with van der Waals surface area (Å²) in [6, 6.07) is 3.99. The van der Waals surface area contributed by atoms with Crippen LogP contribution in [0.4, 0.5) is 11.6 Å². The number of imidazole rings is 1. The van der Waals surface area contributed by atoms with Crippen LogP contribution in [0.3, 0.4) is 0 Å². The van der Waals surface area contributed by atoms with Gasteiger partial charge in [0.25, 0.3) is 0 Å². The predicted octanol–water partition coefficient (Wildman–Crippen LogP) is 3.01. The molecule has 1 atom stereocenters. The zero-order valence-electron chi connectivity index (χ0n) is 17.2. The monoisotopic (exact) mass is 467 g/mol. The molecule has 0 aliphatic carbocycles. The topological polar surface area (TPSA) is 116 Å². The summed E-state index contributed by atoms with van der Waals surface area (Å²) in [7, 11) is 0. The van der Waals surface area contributed by atoms with Crippen molar-refractivity contribution in [2.75, 3.05) is 23.7 Å². The number of fused-ring (bicyclic) bond motifs is 2. The lowest BCUT2D eigenvalue weighted by Crippen LogP contribution is -2.45. The Morgan fingerprint density at radius 1 is 1.12 bits per heavy atom. The fourth-order valence-electron chi connectivity index (χ4n) is 4.83. The van der Waals surface area contributed by atoms with Gasteiger partial charge in [-0.3, -0.25) is 4.68 Å². The maximum Gasteiger partial charge on any atom is 0.158 e. The van der Waals surface area contributed by atoms with Gasteiger partial charge in [0.05, 0.1) is 23.0 Å². The van der Waals surface area contributed by atoms with Crippen LogP contribution in [0.15, 0.2) is 53.0 Å². The molecular weight excluding hydrogens is 446 g/mol. The van der Waals surface area contributed by atoms with E-state index < -0.39 is 0 Å². The number of nitrogens with two attached hydrogens (primary N) is 2. The molecule has 0 radical (unpaired) electrons. The molecule has 2 aliphatic rings. The number of anilines is 2. The van der Waals surface area contributed by atoms with Crippen LogP contribution in [0.25, 0.3) is 5.65 Å². The molecule has 4 aromatic heterocycles. The van der Waals surface area contributed by atoms with E-state index in [-0.39, 0.29) is 11.5 Å². The van der Waals surface area contributed by atoms with Crippen molar-refractivity contribution in [2.45, 2.75) is 35.3 Å². The smallest absolute Gasteiger partial charge is 0.158 e. The van der Waals surface area contributed by atoms with Gasteiger partial charge in [0.15, 0.2) is 11.5 Å². The number of hydrogen-bond donors (Lipinski definition) is 2. The van der Waals surface area contributed by atoms with Crippen LogP contribution < -0.4 is 16.4 Å². The summed E-state index contributed by atoms with van der Waals surface area (Å²) < 4.78 is 3.92. The van der Waals surface area contributed by atoms with Crippen LogP contribution in [0.5, 0.6) is 0 Å². The molecule has 6 heterocycles. The Kier molecular flexibility index (Phi) is 4.56. The summed E-state index contributed by atoms with van der Waals surface area (Å²) in [6.07, 6.45) is 11.1. The summed E-state index contributed by atoms with van der Waals surface area (Å²) in [6.45, 7) is 2.61. The maximum atomic E-state index is 6.60. The van der Waals surface area contributed by atoms with Crippen LogP contribution in [0.2, 0.25) is 5.02 Å². The van der Waals surface area contributed by atoms with E-state index in [1.807, 2.05) is 35.1 Å². The Morgan fingerprint density at radius 2 is 1.97 bits per heavy atom. The van der Waals surface area contributed by atoms with Crippen LogP contribution >= 0.6 is 23.4 Å². The Hall–Kier alpha value is -2.82. The highest BCUT2D eigenvalue weighted by Gasteiger charge is 2.47. The highest BCUT2D eigenvalue weighted by molar-refractivity contribution is 7.99. The first-order valence-corrected chi connectivity index (χ1v) is 11.7. The normalized spacial score (nSPS) is 19.7. The second-order valence-corrected chi connectivity index (χ2v) is 9.82. The van der Waals surface area contributed by atoms with E-state index in [2.05, 4.69) is 29.6 Å². The number of hydrogen-bond acceptors (Lipinski definition) is 8. The van der Waals surface area contributed by atoms with E-state index in [1.165, 1.54) is 11.8 Å². The fraction of sp³-hybridized carbons (Fsp3) is 0.333. The number of pyridine rings is 1. The number of rotatable bonds is 3. The first-order chi connectivity index (χ1) is 15.5. The van der Waals surface area contributed by atoms with E-state index in [0.717, 1.165) is 48.9 Å². The molecule has 4 aromatic rings. The number of nitrogen functional groups attached to an aromatic ring is 1. The number of piperidine rings is 1. The molecule has 9 nitrogen and oxygen atoms in total. The Bertz CT molecular complexity index is 1310. The maximum absolute atomic E-state index is 6.60. The third-order valence-electron chi connectivity index (χ3n) is 6.70. The number of nitrogens with zero attached hydrogens (tertiary/aromatic N) is 7. The van der Waals surface area contributed by atoms with E-state index >= 15 is 0 Å². The summed E-state index contributed by atoms with van der Waals surface area (Å²) in [5, 5.41) is 5.62. The van der Waals surface area contributed by atoms with Gasteiger partial charge in [0, 0.05) is 54.7 Å². The van der Waals surface area contributed by atoms with Gasteiger partial charge in [-0.1, -0.05) is 23.4 Å². The highest BCUT2D eigenvalue weighted by Crippen LogP contribution is 2.48. The second-order valence-electron chi connectivity index (χ2n) is 8.41. The van der Waals surface area contributed by atoms with E-state index in [9.17, 15) is 0 Å². The van der Waals surface area contributed by atoms with Crippen molar-refractivity contribution in [3.05, 3.63) is 53.8 Å². The molecule has 1 fully saturated rings. The third kappa shape index (κ3) is 3.05. The Morgan fingerprint density at radius 3 is 2.75 bits per heavy atom. The van der Waals surface area contributed by atoms with Gasteiger partial charge in [0.2, 0.25) is 0 Å². The average molecular weight is 468 g/mol. The van der Waals surface area contributed by atoms with Crippen LogP contribution in [-0.2, 0) is 6.54 Å². The van der Waals surface area contributed by atoms with Crippen LogP contribution in [0.1, 0.15) is 24.6 Å². The third-order valence-corrected chi connectivity index (χ3v) is 8.25. The largest absolute Gasteiger partial charge is 0.381 e. The van der Waals surface area contributed by atoms with Crippen molar-refractivity contribution < 1.29 is 0 Å². The highest BCUT2D eigenvalue weighted by atomic mass is 35.5. The lowest BCUT2D eigenvalue weighted by Gasteiger charge is -2.41. The molecular formula is C21H22ClN9S. The van der Waals surface area contributed by atoms with Crippen LogP contribution in [0, 0.1) is 5.41 Å². The van der Waals surface area contributed by atoms with Gasteiger partial charge < -0.3 is 20.8 Å². The molecule has 32 heavy (non-hydrogen) atoms. The summed E-state index contributed by atoms with van der Waals surface area (Å²) in [5.41, 5.74) is 14.8. The minimum absolute atomic E-state index is 0.0271. The van der Waals surface area contributed by atoms with Gasteiger partial charge in [-0.05, 0) is 25.0 Å². The summed E-state index contributed by atoms with van der Waals surface area (Å²) in [4.78, 5) is 16.6. The van der Waals surface area contributed by atoms with Gasteiger partial charge in [-0.25, -0.2) is 15.0 Å². The van der Waals surface area contributed by atoms with Crippen molar-refractivity contribution in [1.29, 1.82) is 0 Å². The second kappa shape index (κ2) is 7.36. The molecule has 4 N–H and O–H groups in total. The molecule has 0 aromatic carbocycles. The quantitative estimate of drug-likeness (QED) is 0.472. The van der Waals surface area contributed by atoms with Crippen LogP contribution in [-0.4, -0.2) is 42.2 Å². The van der Waals surface area contributed by atoms with Gasteiger partial charge >= 0.3 is 0 Å². The van der Waals surface area contributed by atoms with E-state index in [4.69, 9.17) is 23.1 Å². The van der Waals surface area contributed by atoms with Crippen molar-refractivity contribution in [1.82, 2.24) is 29.1 Å². The minimum atomic E-state index is 0.0271. The SMILES string of the molecule is Nc1nc(N2CCC3(CC2)Cn2nccc2C3N)cnc1Sc1ccn2ccnc2c1Cl. The van der Waals surface area contributed by atoms with Gasteiger partial charge in [-0.15, -0.1) is 0 Å². The molecule has 2 aliphatic heterocycles. The first kappa shape index (κ1) is 19.8. The van der Waals surface area contributed by atoms with Gasteiger partial charge in [-0.2, -0.15) is 5.10 Å². The average Bonchev–Trinajstić information content (AvgIpc) is 3.51. The summed E-state index contributed by atoms with van der Waals surface area (Å²) in [5.74, 6) is 1.19. The molecule has 164 valence electrons. The lowest BCUT2D eigenvalue weighted by atomic mass is 9.73. The Balaban J connectivity index is 1.18.